The third kappa shape index (κ3) is 3.90. The molecule has 0 atom stereocenters. The number of pyridine rings is 1. The molecule has 0 spiro atoms. The number of carbonyl (C=O) groups excluding carboxylic acids is 1. The Bertz CT molecular complexity index is 1210. The lowest BCUT2D eigenvalue weighted by molar-refractivity contribution is -0.0412. The molecule has 0 aliphatic carbocycles. The number of fused-ring (bicyclic) bond motifs is 1. The van der Waals surface area contributed by atoms with Gasteiger partial charge in [0, 0.05) is 43.4 Å². The van der Waals surface area contributed by atoms with Crippen LogP contribution in [0, 0.1) is 0 Å². The molecule has 0 saturated carbocycles. The van der Waals surface area contributed by atoms with Crippen LogP contribution in [0.5, 0.6) is 0 Å². The average Bonchev–Trinajstić information content (AvgIpc) is 3.04. The van der Waals surface area contributed by atoms with Crippen LogP contribution in [0.1, 0.15) is 23.2 Å². The zero-order chi connectivity index (χ0) is 21.5. The summed E-state index contributed by atoms with van der Waals surface area (Å²) in [5, 5.41) is 2.14. The second kappa shape index (κ2) is 7.60. The summed E-state index contributed by atoms with van der Waals surface area (Å²) < 4.78 is 55.1. The Labute approximate surface area is 176 Å². The summed E-state index contributed by atoms with van der Waals surface area (Å²) in [6.45, 7) is -0.618. The maximum absolute atomic E-state index is 13.4. The summed E-state index contributed by atoms with van der Waals surface area (Å²) in [5.41, 5.74) is 1.02. The molecule has 1 aliphatic heterocycles. The fourth-order valence-electron chi connectivity index (χ4n) is 3.27. The maximum atomic E-state index is 13.4. The third-order valence-electron chi connectivity index (χ3n) is 4.87. The molecule has 0 bridgehead atoms. The second-order valence-corrected chi connectivity index (χ2v) is 9.14. The van der Waals surface area contributed by atoms with Crippen LogP contribution >= 0.6 is 11.6 Å². The minimum Gasteiger partial charge on any atom is -0.322 e. The summed E-state index contributed by atoms with van der Waals surface area (Å²) in [6, 6.07) is 11.7. The number of piperidine rings is 1. The van der Waals surface area contributed by atoms with Crippen molar-refractivity contribution in [3.8, 4) is 0 Å². The molecule has 3 aromatic rings. The highest BCUT2D eigenvalue weighted by atomic mass is 35.5. The number of nitrogens with zero attached hydrogens (tertiary/aromatic N) is 3. The van der Waals surface area contributed by atoms with Crippen LogP contribution in [0.3, 0.4) is 0 Å². The quantitative estimate of drug-likeness (QED) is 0.652. The summed E-state index contributed by atoms with van der Waals surface area (Å²) in [5.74, 6) is -3.28. The summed E-state index contributed by atoms with van der Waals surface area (Å²) in [6.07, 6.45) is 0.272. The van der Waals surface area contributed by atoms with Crippen molar-refractivity contribution in [3.05, 3.63) is 59.4 Å². The number of hydrogen-bond donors (Lipinski definition) is 1. The SMILES string of the molecule is O=C(Nc1ccccc1)c1ccn2c(S(=O)(=O)N3CCC(F)(F)CC3)c(Cl)nc2c1. The van der Waals surface area contributed by atoms with Crippen molar-refractivity contribution in [3.63, 3.8) is 0 Å². The Hall–Kier alpha value is -2.56. The second-order valence-electron chi connectivity index (χ2n) is 6.93. The van der Waals surface area contributed by atoms with Crippen LogP contribution in [-0.4, -0.2) is 47.0 Å². The number of nitrogens with one attached hydrogen (secondary N) is 1. The van der Waals surface area contributed by atoms with Gasteiger partial charge in [-0.2, -0.15) is 4.31 Å². The molecule has 1 amide bonds. The number of amides is 1. The van der Waals surface area contributed by atoms with Crippen molar-refractivity contribution in [2.24, 2.45) is 0 Å². The van der Waals surface area contributed by atoms with Gasteiger partial charge in [-0.25, -0.2) is 22.2 Å². The zero-order valence-electron chi connectivity index (χ0n) is 15.6. The van der Waals surface area contributed by atoms with Crippen LogP contribution in [0.4, 0.5) is 14.5 Å². The first-order valence-corrected chi connectivity index (χ1v) is 10.9. The van der Waals surface area contributed by atoms with Crippen molar-refractivity contribution < 1.29 is 22.0 Å². The summed E-state index contributed by atoms with van der Waals surface area (Å²) in [4.78, 5) is 16.5. The van der Waals surface area contributed by atoms with Crippen molar-refractivity contribution in [1.29, 1.82) is 0 Å². The molecule has 158 valence electrons. The Morgan fingerprint density at radius 3 is 2.47 bits per heavy atom. The summed E-state index contributed by atoms with van der Waals surface area (Å²) >= 11 is 6.10. The van der Waals surface area contributed by atoms with E-state index in [1.165, 1.54) is 22.7 Å². The van der Waals surface area contributed by atoms with Gasteiger partial charge >= 0.3 is 0 Å². The van der Waals surface area contributed by atoms with Gasteiger partial charge in [0.15, 0.2) is 10.2 Å². The molecular formula is C19H17ClF2N4O3S. The largest absolute Gasteiger partial charge is 0.322 e. The molecule has 4 rings (SSSR count). The van der Waals surface area contributed by atoms with Crippen molar-refractivity contribution in [2.75, 3.05) is 18.4 Å². The molecule has 11 heteroatoms. The van der Waals surface area contributed by atoms with E-state index < -0.39 is 34.7 Å². The molecule has 1 N–H and O–H groups in total. The molecule has 1 aromatic carbocycles. The van der Waals surface area contributed by atoms with Gasteiger partial charge in [-0.1, -0.05) is 29.8 Å². The van der Waals surface area contributed by atoms with E-state index in [9.17, 15) is 22.0 Å². The highest BCUT2D eigenvalue weighted by Gasteiger charge is 2.40. The molecular weight excluding hydrogens is 438 g/mol. The topological polar surface area (TPSA) is 83.8 Å². The number of imidazole rings is 1. The van der Waals surface area contributed by atoms with Gasteiger partial charge in [0.1, 0.15) is 5.65 Å². The number of anilines is 1. The van der Waals surface area contributed by atoms with E-state index in [4.69, 9.17) is 11.6 Å². The first-order valence-electron chi connectivity index (χ1n) is 9.09. The number of hydrogen-bond acceptors (Lipinski definition) is 4. The number of carbonyl (C=O) groups is 1. The van der Waals surface area contributed by atoms with Crippen molar-refractivity contribution in [1.82, 2.24) is 13.7 Å². The van der Waals surface area contributed by atoms with E-state index in [0.717, 1.165) is 4.31 Å². The van der Waals surface area contributed by atoms with Gasteiger partial charge in [-0.15, -0.1) is 0 Å². The number of sulfonamides is 1. The lowest BCUT2D eigenvalue weighted by atomic mass is 10.1. The first kappa shape index (κ1) is 20.7. The van der Waals surface area contributed by atoms with Crippen LogP contribution in [-0.2, 0) is 10.0 Å². The zero-order valence-corrected chi connectivity index (χ0v) is 17.1. The Morgan fingerprint density at radius 2 is 1.80 bits per heavy atom. The fraction of sp³-hybridized carbons (Fsp3) is 0.263. The van der Waals surface area contributed by atoms with Gasteiger partial charge in [0.2, 0.25) is 0 Å². The molecule has 1 fully saturated rings. The molecule has 0 unspecified atom stereocenters. The number of aromatic nitrogens is 2. The van der Waals surface area contributed by atoms with Gasteiger partial charge in [0.25, 0.3) is 21.9 Å². The normalized spacial score (nSPS) is 17.2. The highest BCUT2D eigenvalue weighted by Crippen LogP contribution is 2.33. The Kier molecular flexibility index (Phi) is 5.25. The van der Waals surface area contributed by atoms with Gasteiger partial charge in [0.05, 0.1) is 0 Å². The smallest absolute Gasteiger partial charge is 0.262 e. The van der Waals surface area contributed by atoms with Crippen LogP contribution in [0.15, 0.2) is 53.7 Å². The lowest BCUT2D eigenvalue weighted by Crippen LogP contribution is -2.43. The van der Waals surface area contributed by atoms with Crippen LogP contribution in [0.25, 0.3) is 5.65 Å². The molecule has 30 heavy (non-hydrogen) atoms. The average molecular weight is 455 g/mol. The van der Waals surface area contributed by atoms with Crippen LogP contribution < -0.4 is 5.32 Å². The van der Waals surface area contributed by atoms with Gasteiger partial charge in [-0.3, -0.25) is 9.20 Å². The molecule has 2 aromatic heterocycles. The van der Waals surface area contributed by atoms with Gasteiger partial charge < -0.3 is 5.32 Å². The number of para-hydroxylation sites is 1. The highest BCUT2D eigenvalue weighted by molar-refractivity contribution is 7.89. The summed E-state index contributed by atoms with van der Waals surface area (Å²) in [7, 11) is -4.14. The fourth-order valence-corrected chi connectivity index (χ4v) is 5.31. The predicted molar refractivity (Wildman–Crippen MR) is 108 cm³/mol. The number of rotatable bonds is 4. The molecule has 7 nitrogen and oxygen atoms in total. The molecule has 1 aliphatic rings. The van der Waals surface area contributed by atoms with Crippen molar-refractivity contribution in [2.45, 2.75) is 23.8 Å². The maximum Gasteiger partial charge on any atom is 0.262 e. The minimum atomic E-state index is -4.14. The Morgan fingerprint density at radius 1 is 1.13 bits per heavy atom. The standard InChI is InChI=1S/C19H17ClF2N4O3S/c20-16-18(30(28,29)25-10-7-19(21,22)8-11-25)26-9-6-13(12-15(26)24-16)17(27)23-14-4-2-1-3-5-14/h1-6,9,12H,7-8,10-11H2,(H,23,27). The van der Waals surface area contributed by atoms with E-state index in [0.29, 0.717) is 5.69 Å². The first-order chi connectivity index (χ1) is 14.2. The van der Waals surface area contributed by atoms with Crippen LogP contribution in [0.2, 0.25) is 5.15 Å². The van der Waals surface area contributed by atoms with E-state index in [1.807, 2.05) is 6.07 Å². The molecule has 0 radical (unpaired) electrons. The van der Waals surface area contributed by atoms with E-state index in [1.54, 1.807) is 24.3 Å². The third-order valence-corrected chi connectivity index (χ3v) is 7.17. The lowest BCUT2D eigenvalue weighted by Gasteiger charge is -2.30. The van der Waals surface area contributed by atoms with Crippen molar-refractivity contribution >= 4 is 38.9 Å². The predicted octanol–water partition coefficient (Wildman–Crippen LogP) is 3.66. The number of halogens is 3. The monoisotopic (exact) mass is 454 g/mol. The molecule has 3 heterocycles. The van der Waals surface area contributed by atoms with E-state index in [2.05, 4.69) is 10.3 Å². The molecule has 1 saturated heterocycles. The van der Waals surface area contributed by atoms with E-state index in [-0.39, 0.29) is 34.5 Å². The number of benzene rings is 1. The minimum absolute atomic E-state index is 0.154. The van der Waals surface area contributed by atoms with E-state index >= 15 is 0 Å². The number of alkyl halides is 2. The Balaban J connectivity index is 1.64. The van der Waals surface area contributed by atoms with Gasteiger partial charge in [-0.05, 0) is 24.3 Å².